The first kappa shape index (κ1) is 13.8. The molecule has 5 nitrogen and oxygen atoms in total. The van der Waals surface area contributed by atoms with Crippen LogP contribution in [-0.2, 0) is 4.79 Å². The number of benzene rings is 1. The zero-order valence-corrected chi connectivity index (χ0v) is 9.08. The molecule has 1 N–H and O–H groups in total. The van der Waals surface area contributed by atoms with E-state index in [4.69, 9.17) is 4.74 Å². The Morgan fingerprint density at radius 1 is 1.17 bits per heavy atom. The fraction of sp³-hybridized carbons (Fsp3) is 0.200. The van der Waals surface area contributed by atoms with E-state index < -0.39 is 18.2 Å². The van der Waals surface area contributed by atoms with Gasteiger partial charge in [-0.1, -0.05) is 12.1 Å². The van der Waals surface area contributed by atoms with E-state index in [-0.39, 0.29) is 11.5 Å². The Balaban J connectivity index is 2.68. The monoisotopic (exact) mass is 263 g/mol. The molecule has 1 rings (SSSR count). The van der Waals surface area contributed by atoms with Gasteiger partial charge >= 0.3 is 18.2 Å². The number of hydrogen-bond acceptors (Lipinski definition) is 4. The molecular weight excluding hydrogens is 255 g/mol. The second-order valence-electron chi connectivity index (χ2n) is 2.99. The summed E-state index contributed by atoms with van der Waals surface area (Å²) < 4.78 is 44.9. The fourth-order valence-corrected chi connectivity index (χ4v) is 0.992. The highest BCUT2D eigenvalue weighted by Crippen LogP contribution is 2.25. The minimum absolute atomic E-state index is 0.104. The molecule has 98 valence electrons. The average molecular weight is 263 g/mol. The molecule has 0 saturated heterocycles. The Kier molecular flexibility index (Phi) is 4.13. The summed E-state index contributed by atoms with van der Waals surface area (Å²) in [5, 5.41) is 1.04. The highest BCUT2D eigenvalue weighted by atomic mass is 19.4. The van der Waals surface area contributed by atoms with Gasteiger partial charge in [0.25, 0.3) is 0 Å². The Morgan fingerprint density at radius 2 is 1.72 bits per heavy atom. The Hall–Kier alpha value is -2.25. The van der Waals surface area contributed by atoms with E-state index in [9.17, 15) is 22.8 Å². The second kappa shape index (κ2) is 5.39. The molecular formula is C10H8F3NO4. The molecule has 1 aromatic rings. The third-order valence-corrected chi connectivity index (χ3v) is 1.74. The van der Waals surface area contributed by atoms with Gasteiger partial charge in [-0.2, -0.15) is 13.2 Å². The first-order valence-corrected chi connectivity index (χ1v) is 4.57. The number of imide groups is 1. The van der Waals surface area contributed by atoms with Crippen molar-refractivity contribution in [2.75, 3.05) is 7.11 Å². The van der Waals surface area contributed by atoms with E-state index >= 15 is 0 Å². The summed E-state index contributed by atoms with van der Waals surface area (Å²) in [6, 6.07) is 5.80. The normalized spacial score (nSPS) is 10.7. The Bertz CT molecular complexity index is 459. The highest BCUT2D eigenvalue weighted by molar-refractivity contribution is 5.95. The van der Waals surface area contributed by atoms with Gasteiger partial charge in [0.1, 0.15) is 0 Å². The lowest BCUT2D eigenvalue weighted by molar-refractivity contribution is -0.172. The first-order valence-electron chi connectivity index (χ1n) is 4.57. The van der Waals surface area contributed by atoms with Crippen molar-refractivity contribution >= 4 is 12.0 Å². The summed E-state index contributed by atoms with van der Waals surface area (Å²) in [5.41, 5.74) is 0. The number of hydrogen-bond donors (Lipinski definition) is 1. The molecule has 0 heterocycles. The maximum atomic E-state index is 11.8. The molecule has 0 saturated carbocycles. The van der Waals surface area contributed by atoms with Crippen molar-refractivity contribution < 1.29 is 32.2 Å². The zero-order valence-electron chi connectivity index (χ0n) is 9.08. The van der Waals surface area contributed by atoms with Crippen molar-refractivity contribution in [3.05, 3.63) is 24.3 Å². The number of rotatable bonds is 2. The van der Waals surface area contributed by atoms with E-state index in [0.29, 0.717) is 0 Å². The van der Waals surface area contributed by atoms with Crippen molar-refractivity contribution in [3.63, 3.8) is 0 Å². The number of amides is 2. The number of carbonyl (C=O) groups excluding carboxylic acids is 2. The van der Waals surface area contributed by atoms with E-state index in [2.05, 4.69) is 4.74 Å². The maximum absolute atomic E-state index is 11.8. The Labute approximate surface area is 99.5 Å². The third kappa shape index (κ3) is 3.65. The summed E-state index contributed by atoms with van der Waals surface area (Å²) in [6.45, 7) is 0. The molecule has 0 atom stereocenters. The average Bonchev–Trinajstić information content (AvgIpc) is 2.28. The molecule has 0 radical (unpaired) electrons. The number of nitrogens with one attached hydrogen (secondary N) is 1. The third-order valence-electron chi connectivity index (χ3n) is 1.74. The molecule has 0 unspecified atom stereocenters. The van der Waals surface area contributed by atoms with Gasteiger partial charge < -0.3 is 9.47 Å². The number of carbonyl (C=O) groups is 2. The predicted molar refractivity (Wildman–Crippen MR) is 53.2 cm³/mol. The van der Waals surface area contributed by atoms with Gasteiger partial charge in [-0.3, -0.25) is 10.1 Å². The van der Waals surface area contributed by atoms with Crippen LogP contribution in [-0.4, -0.2) is 25.3 Å². The van der Waals surface area contributed by atoms with Gasteiger partial charge in [-0.15, -0.1) is 0 Å². The van der Waals surface area contributed by atoms with Crippen LogP contribution in [0.15, 0.2) is 24.3 Å². The lowest BCUT2D eigenvalue weighted by atomic mass is 10.3. The van der Waals surface area contributed by atoms with Crippen LogP contribution in [0.5, 0.6) is 11.5 Å². The smallest absolute Gasteiger partial charge is 0.471 e. The fourth-order valence-electron chi connectivity index (χ4n) is 0.992. The predicted octanol–water partition coefficient (Wildman–Crippen LogP) is 1.87. The van der Waals surface area contributed by atoms with Gasteiger partial charge in [-0.05, 0) is 12.1 Å². The van der Waals surface area contributed by atoms with Crippen LogP contribution in [0.2, 0.25) is 0 Å². The summed E-state index contributed by atoms with van der Waals surface area (Å²) in [7, 11) is 1.29. The first-order chi connectivity index (χ1) is 8.34. The van der Waals surface area contributed by atoms with Crippen molar-refractivity contribution in [2.45, 2.75) is 6.18 Å². The van der Waals surface area contributed by atoms with Crippen molar-refractivity contribution in [3.8, 4) is 11.5 Å². The van der Waals surface area contributed by atoms with Crippen LogP contribution < -0.4 is 14.8 Å². The van der Waals surface area contributed by atoms with Crippen molar-refractivity contribution in [2.24, 2.45) is 0 Å². The molecule has 18 heavy (non-hydrogen) atoms. The number of alkyl halides is 3. The topological polar surface area (TPSA) is 64.6 Å². The minimum atomic E-state index is -5.15. The van der Waals surface area contributed by atoms with Crippen LogP contribution in [0.4, 0.5) is 18.0 Å². The quantitative estimate of drug-likeness (QED) is 0.884. The standard InChI is InChI=1S/C10H8F3NO4/c1-17-6-4-2-3-5-7(6)18-9(16)14-8(15)10(11,12)13/h2-5H,1H3,(H,14,15,16). The van der Waals surface area contributed by atoms with E-state index in [1.807, 2.05) is 0 Å². The lowest BCUT2D eigenvalue weighted by Gasteiger charge is -2.09. The highest BCUT2D eigenvalue weighted by Gasteiger charge is 2.40. The number of halogens is 3. The summed E-state index contributed by atoms with van der Waals surface area (Å²) in [4.78, 5) is 21.5. The molecule has 0 bridgehead atoms. The molecule has 8 heteroatoms. The number of para-hydroxylation sites is 2. The van der Waals surface area contributed by atoms with Crippen molar-refractivity contribution in [1.29, 1.82) is 0 Å². The summed E-state index contributed by atoms with van der Waals surface area (Å²) in [6.07, 6.45) is -6.69. The molecule has 0 spiro atoms. The molecule has 2 amide bonds. The lowest BCUT2D eigenvalue weighted by Crippen LogP contribution is -2.41. The molecule has 0 fully saturated rings. The van der Waals surface area contributed by atoms with Gasteiger partial charge in [0.2, 0.25) is 0 Å². The second-order valence-corrected chi connectivity index (χ2v) is 2.99. The van der Waals surface area contributed by atoms with Crippen LogP contribution in [0, 0.1) is 0 Å². The molecule has 0 aromatic heterocycles. The molecule has 0 aliphatic carbocycles. The van der Waals surface area contributed by atoms with Crippen LogP contribution in [0.25, 0.3) is 0 Å². The molecule has 0 aliphatic rings. The van der Waals surface area contributed by atoms with E-state index in [0.717, 1.165) is 5.32 Å². The zero-order chi connectivity index (χ0) is 13.8. The van der Waals surface area contributed by atoms with Gasteiger partial charge in [0, 0.05) is 0 Å². The summed E-state index contributed by atoms with van der Waals surface area (Å²) in [5.74, 6) is -2.36. The van der Waals surface area contributed by atoms with Crippen LogP contribution in [0.3, 0.4) is 0 Å². The number of methoxy groups -OCH3 is 1. The molecule has 1 aromatic carbocycles. The van der Waals surface area contributed by atoms with Gasteiger partial charge in [0.15, 0.2) is 11.5 Å². The van der Waals surface area contributed by atoms with E-state index in [1.165, 1.54) is 25.3 Å². The minimum Gasteiger partial charge on any atom is -0.493 e. The van der Waals surface area contributed by atoms with E-state index in [1.54, 1.807) is 6.07 Å². The largest absolute Gasteiger partial charge is 0.493 e. The van der Waals surface area contributed by atoms with Crippen LogP contribution in [0.1, 0.15) is 0 Å². The summed E-state index contributed by atoms with van der Waals surface area (Å²) >= 11 is 0. The maximum Gasteiger partial charge on any atom is 0.471 e. The van der Waals surface area contributed by atoms with Gasteiger partial charge in [-0.25, -0.2) is 4.79 Å². The SMILES string of the molecule is COc1ccccc1OC(=O)NC(=O)C(F)(F)F. The van der Waals surface area contributed by atoms with Crippen LogP contribution >= 0.6 is 0 Å². The van der Waals surface area contributed by atoms with Gasteiger partial charge in [0.05, 0.1) is 7.11 Å². The number of ether oxygens (including phenoxy) is 2. The Morgan fingerprint density at radius 3 is 2.22 bits per heavy atom. The molecule has 0 aliphatic heterocycles. The van der Waals surface area contributed by atoms with Crippen molar-refractivity contribution in [1.82, 2.24) is 5.32 Å².